The molecule has 1 saturated heterocycles. The lowest BCUT2D eigenvalue weighted by atomic mass is 9.88. The van der Waals surface area contributed by atoms with Crippen LogP contribution in [-0.2, 0) is 29.4 Å². The monoisotopic (exact) mass is 455 g/mol. The van der Waals surface area contributed by atoms with Crippen LogP contribution in [0.1, 0.15) is 30.9 Å². The Bertz CT molecular complexity index is 1010. The van der Waals surface area contributed by atoms with Crippen LogP contribution in [0.3, 0.4) is 0 Å². The molecule has 0 aromatic heterocycles. The van der Waals surface area contributed by atoms with Gasteiger partial charge >= 0.3 is 11.9 Å². The van der Waals surface area contributed by atoms with Gasteiger partial charge in [-0.1, -0.05) is 54.1 Å². The number of esters is 2. The molecule has 4 rings (SSSR count). The first-order chi connectivity index (χ1) is 15.3. The maximum absolute atomic E-state index is 12.3. The van der Waals surface area contributed by atoms with E-state index in [1.54, 1.807) is 0 Å². The quantitative estimate of drug-likeness (QED) is 0.612. The van der Waals surface area contributed by atoms with Crippen molar-refractivity contribution in [1.29, 1.82) is 0 Å². The number of halogens is 1. The van der Waals surface area contributed by atoms with E-state index in [2.05, 4.69) is 0 Å². The van der Waals surface area contributed by atoms with Crippen molar-refractivity contribution in [1.82, 2.24) is 4.90 Å². The largest absolute Gasteiger partial charge is 0.453 e. The Labute approximate surface area is 192 Å². The van der Waals surface area contributed by atoms with Gasteiger partial charge in [-0.15, -0.1) is 0 Å². The maximum atomic E-state index is 12.3. The zero-order valence-corrected chi connectivity index (χ0v) is 18.9. The molecule has 0 aliphatic carbocycles. The second kappa shape index (κ2) is 9.06. The van der Waals surface area contributed by atoms with Gasteiger partial charge in [0.05, 0.1) is 6.61 Å². The Kier molecular flexibility index (Phi) is 6.38. The van der Waals surface area contributed by atoms with Gasteiger partial charge in [-0.25, -0.2) is 9.59 Å². The predicted molar refractivity (Wildman–Crippen MR) is 120 cm³/mol. The summed E-state index contributed by atoms with van der Waals surface area (Å²) >= 11 is 6.10. The molecule has 0 amide bonds. The van der Waals surface area contributed by atoms with Gasteiger partial charge in [0.25, 0.3) is 0 Å². The summed E-state index contributed by atoms with van der Waals surface area (Å²) < 4.78 is 17.9. The van der Waals surface area contributed by atoms with Crippen LogP contribution in [0.15, 0.2) is 66.7 Å². The number of ether oxygens (including phenoxy) is 3. The molecule has 1 unspecified atom stereocenters. The zero-order valence-electron chi connectivity index (χ0n) is 18.1. The third-order valence-electron chi connectivity index (χ3n) is 6.34. The van der Waals surface area contributed by atoms with E-state index in [4.69, 9.17) is 25.8 Å². The Morgan fingerprint density at radius 3 is 2.44 bits per heavy atom. The van der Waals surface area contributed by atoms with Crippen molar-refractivity contribution in [3.8, 4) is 0 Å². The van der Waals surface area contributed by atoms with E-state index in [0.717, 1.165) is 23.3 Å². The fourth-order valence-electron chi connectivity index (χ4n) is 4.45. The first-order valence-electron chi connectivity index (χ1n) is 10.6. The fraction of sp³-hybridized carbons (Fsp3) is 0.360. The topological polar surface area (TPSA) is 65.1 Å². The number of hydrogen-bond acceptors (Lipinski definition) is 6. The van der Waals surface area contributed by atoms with E-state index in [1.807, 2.05) is 73.5 Å². The van der Waals surface area contributed by atoms with Gasteiger partial charge in [0, 0.05) is 36.6 Å². The highest BCUT2D eigenvalue weighted by atomic mass is 35.5. The van der Waals surface area contributed by atoms with E-state index in [-0.39, 0.29) is 6.61 Å². The summed E-state index contributed by atoms with van der Waals surface area (Å²) in [5, 5.41) is 0.648. The van der Waals surface area contributed by atoms with Gasteiger partial charge in [0.1, 0.15) is 5.60 Å². The Morgan fingerprint density at radius 2 is 1.72 bits per heavy atom. The van der Waals surface area contributed by atoms with Crippen LogP contribution in [0.2, 0.25) is 5.02 Å². The molecule has 2 aliphatic rings. The molecule has 3 atom stereocenters. The van der Waals surface area contributed by atoms with Gasteiger partial charge in [-0.2, -0.15) is 0 Å². The van der Waals surface area contributed by atoms with Crippen LogP contribution >= 0.6 is 11.6 Å². The molecule has 2 aromatic carbocycles. The number of carbonyl (C=O) groups excluding carboxylic acids is 2. The van der Waals surface area contributed by atoms with E-state index in [0.29, 0.717) is 24.4 Å². The zero-order chi connectivity index (χ0) is 22.8. The molecule has 0 saturated carbocycles. The SMILES string of the molecule is CN1CCC2OC(=O)/C=C/C(=O)O[C@]21CCO[C@@](C)(c1ccccc1)c1ccc(Cl)cc1. The van der Waals surface area contributed by atoms with Crippen LogP contribution in [0.4, 0.5) is 0 Å². The highest BCUT2D eigenvalue weighted by Crippen LogP contribution is 2.39. The summed E-state index contributed by atoms with van der Waals surface area (Å²) in [6.45, 7) is 2.91. The van der Waals surface area contributed by atoms with E-state index in [9.17, 15) is 9.59 Å². The van der Waals surface area contributed by atoms with E-state index >= 15 is 0 Å². The molecule has 2 aliphatic heterocycles. The minimum atomic E-state index is -1.07. The third kappa shape index (κ3) is 4.31. The number of hydrogen-bond donors (Lipinski definition) is 0. The number of rotatable bonds is 6. The molecule has 168 valence electrons. The summed E-state index contributed by atoms with van der Waals surface area (Å²) in [7, 11) is 1.86. The van der Waals surface area contributed by atoms with Gasteiger partial charge in [-0.05, 0) is 37.2 Å². The van der Waals surface area contributed by atoms with Gasteiger partial charge in [-0.3, -0.25) is 4.90 Å². The normalized spacial score (nSPS) is 26.3. The minimum Gasteiger partial charge on any atom is -0.453 e. The molecule has 32 heavy (non-hydrogen) atoms. The number of carbonyl (C=O) groups is 2. The maximum Gasteiger partial charge on any atom is 0.332 e. The number of fused-ring (bicyclic) bond motifs is 1. The highest BCUT2D eigenvalue weighted by molar-refractivity contribution is 6.30. The second-order valence-corrected chi connectivity index (χ2v) is 8.68. The third-order valence-corrected chi connectivity index (χ3v) is 6.59. The van der Waals surface area contributed by atoms with Crippen molar-refractivity contribution in [3.05, 3.63) is 82.9 Å². The lowest BCUT2D eigenvalue weighted by Crippen LogP contribution is -2.54. The van der Waals surface area contributed by atoms with Gasteiger partial charge in [0.2, 0.25) is 5.72 Å². The molecule has 7 heteroatoms. The standard InChI is InChI=1S/C25H26ClNO5/c1-24(18-6-4-3-5-7-18,19-8-10-20(26)11-9-19)30-17-15-25-21(14-16-27(25)2)31-22(28)12-13-23(29)32-25/h3-13,21H,14-17H2,1-2H3/b13-12+/t21?,24-,25+/m0/s1. The summed E-state index contributed by atoms with van der Waals surface area (Å²) in [4.78, 5) is 26.3. The van der Waals surface area contributed by atoms with Crippen molar-refractivity contribution in [2.24, 2.45) is 0 Å². The number of nitrogens with zero attached hydrogens (tertiary/aromatic N) is 1. The first-order valence-corrected chi connectivity index (χ1v) is 11.0. The average molecular weight is 456 g/mol. The van der Waals surface area contributed by atoms with E-state index in [1.165, 1.54) is 0 Å². The van der Waals surface area contributed by atoms with Gasteiger partial charge < -0.3 is 14.2 Å². The number of benzene rings is 2. The van der Waals surface area contributed by atoms with Crippen molar-refractivity contribution in [2.45, 2.75) is 37.2 Å². The van der Waals surface area contributed by atoms with Crippen LogP contribution in [0, 0.1) is 0 Å². The summed E-state index contributed by atoms with van der Waals surface area (Å²) in [6, 6.07) is 17.5. The van der Waals surface area contributed by atoms with Crippen LogP contribution in [0.5, 0.6) is 0 Å². The molecule has 0 radical (unpaired) electrons. The Hall–Kier alpha value is -2.67. The predicted octanol–water partition coefficient (Wildman–Crippen LogP) is 4.07. The summed E-state index contributed by atoms with van der Waals surface area (Å²) in [5.74, 6) is -1.11. The second-order valence-electron chi connectivity index (χ2n) is 8.24. The highest BCUT2D eigenvalue weighted by Gasteiger charge is 2.53. The van der Waals surface area contributed by atoms with Crippen molar-refractivity contribution in [3.63, 3.8) is 0 Å². The van der Waals surface area contributed by atoms with Crippen molar-refractivity contribution >= 4 is 23.5 Å². The molecular weight excluding hydrogens is 430 g/mol. The molecule has 6 nitrogen and oxygen atoms in total. The van der Waals surface area contributed by atoms with E-state index < -0.39 is 29.4 Å². The summed E-state index contributed by atoms with van der Waals surface area (Å²) in [6.07, 6.45) is 2.58. The van der Waals surface area contributed by atoms with Crippen molar-refractivity contribution < 1.29 is 23.8 Å². The fourth-order valence-corrected chi connectivity index (χ4v) is 4.58. The first kappa shape index (κ1) is 22.5. The van der Waals surface area contributed by atoms with Crippen molar-refractivity contribution in [2.75, 3.05) is 20.2 Å². The number of likely N-dealkylation sites (N-methyl/N-ethyl adjacent to an activating group) is 1. The molecule has 0 bridgehead atoms. The minimum absolute atomic E-state index is 0.267. The molecular formula is C25H26ClNO5. The lowest BCUT2D eigenvalue weighted by Gasteiger charge is -2.40. The smallest absolute Gasteiger partial charge is 0.332 e. The molecule has 2 aromatic rings. The van der Waals surface area contributed by atoms with Crippen LogP contribution in [-0.4, -0.2) is 48.9 Å². The van der Waals surface area contributed by atoms with Crippen LogP contribution in [0.25, 0.3) is 0 Å². The van der Waals surface area contributed by atoms with Gasteiger partial charge in [0.15, 0.2) is 6.10 Å². The molecule has 0 N–H and O–H groups in total. The Morgan fingerprint density at radius 1 is 1.06 bits per heavy atom. The molecule has 1 fully saturated rings. The van der Waals surface area contributed by atoms with Crippen LogP contribution < -0.4 is 0 Å². The number of likely N-dealkylation sites (tertiary alicyclic amines) is 1. The molecule has 0 spiro atoms. The Balaban J connectivity index is 1.60. The lowest BCUT2D eigenvalue weighted by molar-refractivity contribution is -0.207. The molecule has 2 heterocycles. The summed E-state index contributed by atoms with van der Waals surface area (Å²) in [5.41, 5.74) is 0.109. The average Bonchev–Trinajstić information content (AvgIpc) is 3.06.